The molecule has 198 valence electrons. The van der Waals surface area contributed by atoms with E-state index in [1.807, 2.05) is 13.0 Å². The molecule has 2 amide bonds. The maximum Gasteiger partial charge on any atom is 0.319 e. The average Bonchev–Trinajstić information content (AvgIpc) is 3.72. The third-order valence-corrected chi connectivity index (χ3v) is 10.3. The molecule has 38 heavy (non-hydrogen) atoms. The van der Waals surface area contributed by atoms with E-state index in [9.17, 15) is 18.5 Å². The largest absolute Gasteiger partial charge is 0.331 e. The molecule has 0 atom stereocenters. The third-order valence-electron chi connectivity index (χ3n) is 7.50. The van der Waals surface area contributed by atoms with Crippen LogP contribution in [-0.2, 0) is 15.4 Å². The Labute approximate surface area is 224 Å². The lowest BCUT2D eigenvalue weighted by atomic mass is 10.0. The van der Waals surface area contributed by atoms with Crippen LogP contribution in [0.1, 0.15) is 49.6 Å². The van der Waals surface area contributed by atoms with Crippen molar-refractivity contribution >= 4 is 38.6 Å². The summed E-state index contributed by atoms with van der Waals surface area (Å²) in [6.07, 6.45) is 8.92. The maximum atomic E-state index is 13.5. The zero-order valence-electron chi connectivity index (χ0n) is 21.4. The van der Waals surface area contributed by atoms with Crippen molar-refractivity contribution in [1.29, 1.82) is 5.26 Å². The van der Waals surface area contributed by atoms with Crippen LogP contribution in [0.15, 0.2) is 29.4 Å². The fourth-order valence-corrected chi connectivity index (χ4v) is 7.20. The minimum absolute atomic E-state index is 0.0652. The fourth-order valence-electron chi connectivity index (χ4n) is 4.67. The van der Waals surface area contributed by atoms with E-state index in [-0.39, 0.29) is 10.9 Å². The van der Waals surface area contributed by atoms with E-state index >= 15 is 0 Å². The molecule has 1 aliphatic heterocycles. The van der Waals surface area contributed by atoms with E-state index in [2.05, 4.69) is 26.0 Å². The minimum Gasteiger partial charge on any atom is -0.331 e. The summed E-state index contributed by atoms with van der Waals surface area (Å²) >= 11 is 1.35. The molecule has 0 saturated heterocycles. The quantitative estimate of drug-likeness (QED) is 0.496. The predicted molar refractivity (Wildman–Crippen MR) is 142 cm³/mol. The van der Waals surface area contributed by atoms with Crippen molar-refractivity contribution in [1.82, 2.24) is 34.1 Å². The minimum atomic E-state index is -3.81. The molecule has 0 unspecified atom stereocenters. The number of nitrogens with zero attached hydrogens (tertiary/aromatic N) is 7. The van der Waals surface area contributed by atoms with Crippen LogP contribution < -0.4 is 4.72 Å². The van der Waals surface area contributed by atoms with Gasteiger partial charge in [-0.15, -0.1) is 10.2 Å². The maximum absolute atomic E-state index is 13.5. The SMILES string of the molecule is CN(C)C(=O)N1CC=C(c2cc(S(=O)(=O)NC3(C)CC3)cn3c(-c4nnc(C5(C#N)CC5)s4)cnc23)CC1. The summed E-state index contributed by atoms with van der Waals surface area (Å²) < 4.78 is 31.5. The number of hydrogen-bond donors (Lipinski definition) is 1. The van der Waals surface area contributed by atoms with Crippen molar-refractivity contribution in [2.75, 3.05) is 27.2 Å². The van der Waals surface area contributed by atoms with Gasteiger partial charge >= 0.3 is 6.03 Å². The number of fused-ring (bicyclic) bond motifs is 1. The lowest BCUT2D eigenvalue weighted by Crippen LogP contribution is -2.41. The van der Waals surface area contributed by atoms with Gasteiger partial charge in [0.15, 0.2) is 5.01 Å². The first-order valence-electron chi connectivity index (χ1n) is 12.5. The molecule has 0 bridgehead atoms. The second-order valence-corrected chi connectivity index (χ2v) is 13.5. The summed E-state index contributed by atoms with van der Waals surface area (Å²) in [5, 5.41) is 19.5. The molecule has 0 spiro atoms. The van der Waals surface area contributed by atoms with E-state index in [0.29, 0.717) is 46.4 Å². The zero-order chi connectivity index (χ0) is 26.9. The Bertz CT molecular complexity index is 1640. The van der Waals surface area contributed by atoms with Gasteiger partial charge in [-0.3, -0.25) is 4.40 Å². The van der Waals surface area contributed by atoms with Gasteiger partial charge in [0.25, 0.3) is 0 Å². The van der Waals surface area contributed by atoms with Crippen LogP contribution in [-0.4, -0.2) is 76.6 Å². The molecule has 3 aliphatic rings. The number of urea groups is 1. The number of rotatable bonds is 6. The van der Waals surface area contributed by atoms with E-state index in [1.54, 1.807) is 46.8 Å². The number of nitriles is 1. The number of nitrogens with one attached hydrogen (secondary N) is 1. The Morgan fingerprint density at radius 1 is 1.24 bits per heavy atom. The molecule has 4 heterocycles. The number of carbonyl (C=O) groups excluding carboxylic acids is 1. The highest BCUT2D eigenvalue weighted by Gasteiger charge is 2.48. The standard InChI is InChI=1S/C25H28N8O3S2/c1-24(6-7-24)30-38(35,36)17-12-18(16-4-10-32(11-5-16)23(34)31(2)3)20-27-13-19(33(20)14-17)21-28-29-22(37-21)25(15-26)8-9-25/h4,12-14,30H,5-11H2,1-3H3. The van der Waals surface area contributed by atoms with Crippen LogP contribution in [0.25, 0.3) is 21.9 Å². The molecule has 3 aromatic rings. The van der Waals surface area contributed by atoms with Crippen LogP contribution in [0.3, 0.4) is 0 Å². The van der Waals surface area contributed by atoms with Crippen LogP contribution in [0.4, 0.5) is 4.79 Å². The molecule has 0 radical (unpaired) electrons. The Morgan fingerprint density at radius 3 is 2.61 bits per heavy atom. The van der Waals surface area contributed by atoms with Crippen LogP contribution in [0.2, 0.25) is 0 Å². The summed E-state index contributed by atoms with van der Waals surface area (Å²) in [6, 6.07) is 3.96. The summed E-state index contributed by atoms with van der Waals surface area (Å²) in [4.78, 5) is 20.5. The number of sulfonamides is 1. The molecule has 2 fully saturated rings. The number of pyridine rings is 1. The molecule has 3 aromatic heterocycles. The van der Waals surface area contributed by atoms with Crippen LogP contribution in [0.5, 0.6) is 0 Å². The van der Waals surface area contributed by atoms with Crippen molar-refractivity contribution in [2.24, 2.45) is 0 Å². The van der Waals surface area contributed by atoms with E-state index in [1.165, 1.54) is 11.3 Å². The Hall–Kier alpha value is -3.34. The number of imidazole rings is 1. The highest BCUT2D eigenvalue weighted by Crippen LogP contribution is 2.49. The van der Waals surface area contributed by atoms with E-state index in [0.717, 1.165) is 31.3 Å². The van der Waals surface area contributed by atoms with Gasteiger partial charge in [-0.1, -0.05) is 17.4 Å². The lowest BCUT2D eigenvalue weighted by molar-refractivity contribution is 0.176. The van der Waals surface area contributed by atoms with Crippen molar-refractivity contribution in [3.63, 3.8) is 0 Å². The van der Waals surface area contributed by atoms with Gasteiger partial charge in [-0.2, -0.15) is 5.26 Å². The van der Waals surface area contributed by atoms with Gasteiger partial charge < -0.3 is 9.80 Å². The van der Waals surface area contributed by atoms with E-state index < -0.39 is 21.0 Å². The molecule has 13 heteroatoms. The first-order valence-corrected chi connectivity index (χ1v) is 14.8. The molecule has 1 N–H and O–H groups in total. The van der Waals surface area contributed by atoms with Crippen molar-refractivity contribution in [3.05, 3.63) is 35.1 Å². The Kier molecular flexibility index (Phi) is 5.64. The number of aromatic nitrogens is 4. The third kappa shape index (κ3) is 4.26. The van der Waals surface area contributed by atoms with Crippen LogP contribution in [0, 0.1) is 11.3 Å². The first-order chi connectivity index (χ1) is 18.0. The number of carbonyl (C=O) groups is 1. The molecule has 2 saturated carbocycles. The molecule has 2 aliphatic carbocycles. The molecule has 0 aromatic carbocycles. The zero-order valence-corrected chi connectivity index (χ0v) is 23.1. The van der Waals surface area contributed by atoms with Gasteiger partial charge in [-0.05, 0) is 50.7 Å². The van der Waals surface area contributed by atoms with E-state index in [4.69, 9.17) is 0 Å². The lowest BCUT2D eigenvalue weighted by Gasteiger charge is -2.29. The predicted octanol–water partition coefficient (Wildman–Crippen LogP) is 3.01. The smallest absolute Gasteiger partial charge is 0.319 e. The van der Waals surface area contributed by atoms with Gasteiger partial charge in [-0.25, -0.2) is 22.9 Å². The fraction of sp³-hybridized carbons (Fsp3) is 0.480. The second-order valence-electron chi connectivity index (χ2n) is 10.8. The summed E-state index contributed by atoms with van der Waals surface area (Å²) in [5.74, 6) is 0. The van der Waals surface area contributed by atoms with Gasteiger partial charge in [0.05, 0.1) is 17.2 Å². The summed E-state index contributed by atoms with van der Waals surface area (Å²) in [5.41, 5.74) is 1.89. The van der Waals surface area contributed by atoms with Crippen LogP contribution >= 0.6 is 11.3 Å². The monoisotopic (exact) mass is 552 g/mol. The summed E-state index contributed by atoms with van der Waals surface area (Å²) in [7, 11) is -0.362. The van der Waals surface area contributed by atoms with Gasteiger partial charge in [0.2, 0.25) is 10.0 Å². The van der Waals surface area contributed by atoms with Crippen molar-refractivity contribution in [3.8, 4) is 16.8 Å². The molecular weight excluding hydrogens is 524 g/mol. The molecular formula is C25H28N8O3S2. The highest BCUT2D eigenvalue weighted by molar-refractivity contribution is 7.89. The second kappa shape index (κ2) is 8.59. The normalized spacial score (nSPS) is 19.6. The van der Waals surface area contributed by atoms with Crippen molar-refractivity contribution < 1.29 is 13.2 Å². The molecule has 6 rings (SSSR count). The Balaban J connectivity index is 1.45. The first kappa shape index (κ1) is 25.0. The summed E-state index contributed by atoms with van der Waals surface area (Å²) in [6.45, 7) is 2.85. The topological polar surface area (TPSA) is 137 Å². The van der Waals surface area contributed by atoms with Gasteiger partial charge in [0.1, 0.15) is 21.8 Å². The Morgan fingerprint density at radius 2 is 2.00 bits per heavy atom. The average molecular weight is 553 g/mol. The molecule has 11 nitrogen and oxygen atoms in total. The van der Waals surface area contributed by atoms with Crippen molar-refractivity contribution in [2.45, 2.75) is 54.9 Å². The number of hydrogen-bond acceptors (Lipinski definition) is 8. The number of amides is 2. The van der Waals surface area contributed by atoms with Gasteiger partial charge in [0, 0.05) is 44.5 Å². The highest BCUT2D eigenvalue weighted by atomic mass is 32.2.